The van der Waals surface area contributed by atoms with Gasteiger partial charge >= 0.3 is 5.97 Å². The fourth-order valence-electron chi connectivity index (χ4n) is 4.97. The molecule has 8 nitrogen and oxygen atoms in total. The van der Waals surface area contributed by atoms with E-state index in [4.69, 9.17) is 4.74 Å². The summed E-state index contributed by atoms with van der Waals surface area (Å²) in [5, 5.41) is 0.776. The van der Waals surface area contributed by atoms with E-state index in [1.54, 1.807) is 48.7 Å². The summed E-state index contributed by atoms with van der Waals surface area (Å²) in [6.07, 6.45) is 2.75. The third-order valence-electron chi connectivity index (χ3n) is 7.16. The third-order valence-corrected chi connectivity index (χ3v) is 8.88. The largest absolute Gasteiger partial charge is 0.427 e. The Hall–Kier alpha value is -4.08. The summed E-state index contributed by atoms with van der Waals surface area (Å²) in [5.41, 5.74) is 2.74. The number of nitrogens with zero attached hydrogens (tertiary/aromatic N) is 3. The van der Waals surface area contributed by atoms with Crippen molar-refractivity contribution >= 4 is 32.6 Å². The lowest BCUT2D eigenvalue weighted by Gasteiger charge is -2.34. The number of hydrogen-bond acceptors (Lipinski definition) is 7. The fraction of sp³-hybridized carbons (Fsp3) is 0.281. The highest BCUT2D eigenvalue weighted by Gasteiger charge is 2.23. The van der Waals surface area contributed by atoms with Crippen molar-refractivity contribution in [1.29, 1.82) is 0 Å². The number of rotatable bonds is 9. The number of pyridine rings is 1. The maximum atomic E-state index is 13.2. The number of aromatic nitrogens is 1. The van der Waals surface area contributed by atoms with E-state index >= 15 is 0 Å². The molecule has 0 bridgehead atoms. The minimum atomic E-state index is -3.62. The van der Waals surface area contributed by atoms with Crippen molar-refractivity contribution in [3.05, 3.63) is 102 Å². The maximum Gasteiger partial charge on any atom is 0.311 e. The number of para-hydroxylation sites is 1. The number of fused-ring (bicyclic) bond motifs is 1. The van der Waals surface area contributed by atoms with E-state index in [1.165, 1.54) is 0 Å². The molecule has 3 aromatic carbocycles. The van der Waals surface area contributed by atoms with Gasteiger partial charge in [0.25, 0.3) is 5.91 Å². The van der Waals surface area contributed by atoms with Crippen LogP contribution in [0.2, 0.25) is 0 Å². The summed E-state index contributed by atoms with van der Waals surface area (Å²) in [6, 6.07) is 23.2. The number of esters is 1. The van der Waals surface area contributed by atoms with E-state index in [9.17, 15) is 18.0 Å². The van der Waals surface area contributed by atoms with Crippen molar-refractivity contribution in [3.63, 3.8) is 0 Å². The van der Waals surface area contributed by atoms with E-state index in [1.807, 2.05) is 48.2 Å². The van der Waals surface area contributed by atoms with Gasteiger partial charge in [-0.2, -0.15) is 0 Å². The summed E-state index contributed by atoms with van der Waals surface area (Å²) >= 11 is 0. The highest BCUT2D eigenvalue weighted by Crippen LogP contribution is 2.24. The summed E-state index contributed by atoms with van der Waals surface area (Å²) in [4.78, 5) is 33.4. The number of carbonyl (C=O) groups excluding carboxylic acids is 2. The average Bonchev–Trinajstić information content (AvgIpc) is 2.98. The lowest BCUT2D eigenvalue weighted by atomic mass is 10.1. The van der Waals surface area contributed by atoms with Crippen LogP contribution in [0.25, 0.3) is 10.9 Å². The van der Waals surface area contributed by atoms with Crippen LogP contribution >= 0.6 is 0 Å². The molecule has 9 heteroatoms. The van der Waals surface area contributed by atoms with Gasteiger partial charge in [0.05, 0.1) is 16.2 Å². The van der Waals surface area contributed by atoms with Gasteiger partial charge in [-0.15, -0.1) is 0 Å². The van der Waals surface area contributed by atoms with Gasteiger partial charge in [-0.3, -0.25) is 19.5 Å². The Balaban J connectivity index is 1.14. The summed E-state index contributed by atoms with van der Waals surface area (Å²) in [5.74, 6) is 0.101. The molecule has 1 aliphatic rings. The van der Waals surface area contributed by atoms with Gasteiger partial charge in [0, 0.05) is 56.3 Å². The Labute approximate surface area is 240 Å². The van der Waals surface area contributed by atoms with Crippen LogP contribution in [0.4, 0.5) is 0 Å². The Morgan fingerprint density at radius 3 is 2.24 bits per heavy atom. The number of benzene rings is 3. The first kappa shape index (κ1) is 28.4. The highest BCUT2D eigenvalue weighted by atomic mass is 32.2. The monoisotopic (exact) mass is 571 g/mol. The Kier molecular flexibility index (Phi) is 8.75. The summed E-state index contributed by atoms with van der Waals surface area (Å²) in [6.45, 7) is 5.39. The fourth-order valence-corrected chi connectivity index (χ4v) is 6.51. The molecule has 1 saturated heterocycles. The minimum Gasteiger partial charge on any atom is -0.427 e. The van der Waals surface area contributed by atoms with E-state index < -0.39 is 9.84 Å². The zero-order valence-electron chi connectivity index (χ0n) is 23.0. The van der Waals surface area contributed by atoms with E-state index in [2.05, 4.69) is 9.88 Å². The molecule has 0 spiro atoms. The molecule has 0 atom stereocenters. The van der Waals surface area contributed by atoms with Crippen molar-refractivity contribution in [3.8, 4) is 5.75 Å². The van der Waals surface area contributed by atoms with Crippen LogP contribution in [0.5, 0.6) is 5.75 Å². The van der Waals surface area contributed by atoms with Crippen LogP contribution in [-0.4, -0.2) is 61.3 Å². The van der Waals surface area contributed by atoms with Crippen LogP contribution in [0.1, 0.15) is 41.3 Å². The van der Waals surface area contributed by atoms with Gasteiger partial charge < -0.3 is 9.64 Å². The number of sulfone groups is 1. The summed E-state index contributed by atoms with van der Waals surface area (Å²) < 4.78 is 31.7. The zero-order chi connectivity index (χ0) is 28.8. The Morgan fingerprint density at radius 1 is 0.854 bits per heavy atom. The molecule has 4 aromatic rings. The molecule has 0 saturated carbocycles. The number of amides is 1. The van der Waals surface area contributed by atoms with Gasteiger partial charge in [-0.05, 0) is 53.9 Å². The topological polar surface area (TPSA) is 96.9 Å². The smallest absolute Gasteiger partial charge is 0.311 e. The molecule has 0 unspecified atom stereocenters. The number of ether oxygens (including phenoxy) is 1. The second kappa shape index (κ2) is 12.6. The minimum absolute atomic E-state index is 0.0597. The molecule has 5 rings (SSSR count). The van der Waals surface area contributed by atoms with E-state index in [-0.39, 0.29) is 22.5 Å². The van der Waals surface area contributed by atoms with Crippen LogP contribution in [-0.2, 0) is 26.9 Å². The first-order chi connectivity index (χ1) is 19.8. The molecule has 41 heavy (non-hydrogen) atoms. The van der Waals surface area contributed by atoms with E-state index in [0.29, 0.717) is 41.9 Å². The maximum absolute atomic E-state index is 13.2. The second-order valence-electron chi connectivity index (χ2n) is 10.2. The molecule has 2 heterocycles. The molecule has 212 valence electrons. The van der Waals surface area contributed by atoms with Gasteiger partial charge in [0.15, 0.2) is 9.84 Å². The number of hydrogen-bond donors (Lipinski definition) is 0. The Bertz CT molecular complexity index is 1620. The zero-order valence-corrected chi connectivity index (χ0v) is 23.8. The SMILES string of the molecule is CCCC(=O)Oc1ccc(CN2CCN(C(=O)c3ccc(CS(=O)(=O)c4cccc5cccnc45)cc3)CC2)cc1. The number of piperazine rings is 1. The quantitative estimate of drug-likeness (QED) is 0.209. The first-order valence-corrected chi connectivity index (χ1v) is 15.4. The average molecular weight is 572 g/mol. The first-order valence-electron chi connectivity index (χ1n) is 13.8. The van der Waals surface area contributed by atoms with Gasteiger partial charge in [-0.1, -0.05) is 49.4 Å². The van der Waals surface area contributed by atoms with Crippen LogP contribution < -0.4 is 4.74 Å². The highest BCUT2D eigenvalue weighted by molar-refractivity contribution is 7.90. The van der Waals surface area contributed by atoms with Gasteiger partial charge in [0.1, 0.15) is 5.75 Å². The predicted molar refractivity (Wildman–Crippen MR) is 157 cm³/mol. The van der Waals surface area contributed by atoms with Crippen molar-refractivity contribution in [2.45, 2.75) is 37.0 Å². The van der Waals surface area contributed by atoms with Crippen molar-refractivity contribution in [1.82, 2.24) is 14.8 Å². The van der Waals surface area contributed by atoms with Gasteiger partial charge in [0.2, 0.25) is 0 Å². The van der Waals surface area contributed by atoms with Crippen molar-refractivity contribution in [2.75, 3.05) is 26.2 Å². The Morgan fingerprint density at radius 2 is 1.54 bits per heavy atom. The van der Waals surface area contributed by atoms with Crippen molar-refractivity contribution in [2.24, 2.45) is 0 Å². The molecule has 0 aliphatic carbocycles. The second-order valence-corrected chi connectivity index (χ2v) is 12.2. The van der Waals surface area contributed by atoms with Crippen LogP contribution in [0, 0.1) is 0 Å². The molecular formula is C32H33N3O5S. The molecule has 0 radical (unpaired) electrons. The molecule has 1 aliphatic heterocycles. The molecule has 1 fully saturated rings. The van der Waals surface area contributed by atoms with E-state index in [0.717, 1.165) is 37.0 Å². The summed E-state index contributed by atoms with van der Waals surface area (Å²) in [7, 11) is -3.62. The standard InChI is InChI=1S/C32H33N3O5S/c1-2-5-30(36)40-28-15-11-24(12-16-28)22-34-18-20-35(21-19-34)32(37)27-13-9-25(10-14-27)23-41(38,39)29-8-3-6-26-7-4-17-33-31(26)29/h3-4,6-17H,2,5,18-23H2,1H3. The molecule has 1 amide bonds. The van der Waals surface area contributed by atoms with Crippen molar-refractivity contribution < 1.29 is 22.7 Å². The lowest BCUT2D eigenvalue weighted by Crippen LogP contribution is -2.48. The normalized spacial score (nSPS) is 14.2. The van der Waals surface area contributed by atoms with Crippen LogP contribution in [0.3, 0.4) is 0 Å². The van der Waals surface area contributed by atoms with Crippen LogP contribution in [0.15, 0.2) is 90.0 Å². The predicted octanol–water partition coefficient (Wildman–Crippen LogP) is 4.87. The third kappa shape index (κ3) is 6.99. The number of carbonyl (C=O) groups is 2. The molecule has 1 aromatic heterocycles. The molecular weight excluding hydrogens is 538 g/mol. The molecule has 0 N–H and O–H groups in total. The van der Waals surface area contributed by atoms with Gasteiger partial charge in [-0.25, -0.2) is 8.42 Å². The lowest BCUT2D eigenvalue weighted by molar-refractivity contribution is -0.134.